The van der Waals surface area contributed by atoms with Crippen LogP contribution in [0.4, 0.5) is 0 Å². The Morgan fingerprint density at radius 3 is 2.71 bits per heavy atom. The molecule has 1 N–H and O–H groups in total. The third-order valence-corrected chi connectivity index (χ3v) is 4.05. The van der Waals surface area contributed by atoms with Crippen molar-refractivity contribution >= 4 is 22.5 Å². The fourth-order valence-corrected chi connectivity index (χ4v) is 2.99. The number of aliphatic carboxylic acids is 1. The summed E-state index contributed by atoms with van der Waals surface area (Å²) in [5.74, 6) is -0.397. The van der Waals surface area contributed by atoms with Gasteiger partial charge in [0.25, 0.3) is 0 Å². The van der Waals surface area contributed by atoms with E-state index in [1.807, 2.05) is 31.2 Å². The second-order valence-corrected chi connectivity index (χ2v) is 5.30. The molecule has 4 nitrogen and oxygen atoms in total. The first-order valence-corrected chi connectivity index (χ1v) is 7.05. The molecule has 21 heavy (non-hydrogen) atoms. The fourth-order valence-electron chi connectivity index (χ4n) is 2.99. The Bertz CT molecular complexity index is 733. The third-order valence-electron chi connectivity index (χ3n) is 4.05. The predicted octanol–water partition coefficient (Wildman–Crippen LogP) is 3.07. The zero-order valence-corrected chi connectivity index (χ0v) is 11.8. The molecule has 0 radical (unpaired) electrons. The van der Waals surface area contributed by atoms with E-state index in [1.54, 1.807) is 6.07 Å². The minimum absolute atomic E-state index is 0.0260. The van der Waals surface area contributed by atoms with Crippen LogP contribution in [0.1, 0.15) is 29.3 Å². The molecular formula is C17H16O4. The van der Waals surface area contributed by atoms with Gasteiger partial charge in [-0.2, -0.15) is 0 Å². The van der Waals surface area contributed by atoms with Gasteiger partial charge in [-0.05, 0) is 29.9 Å². The van der Waals surface area contributed by atoms with Crippen molar-refractivity contribution in [1.29, 1.82) is 0 Å². The maximum Gasteiger partial charge on any atom is 0.341 e. The standard InChI is InChI=1S/C17H16O4/c1-2-10-7-13-11-5-3-4-6-12(11)15(21-9-16(18)19)8-14(13)17(10)20/h3-6,8,10H,2,7,9H2,1H3,(H,18,19). The molecule has 1 unspecified atom stereocenters. The second kappa shape index (κ2) is 5.20. The zero-order chi connectivity index (χ0) is 15.0. The Hall–Kier alpha value is -2.36. The Morgan fingerprint density at radius 2 is 2.05 bits per heavy atom. The van der Waals surface area contributed by atoms with E-state index in [9.17, 15) is 9.59 Å². The van der Waals surface area contributed by atoms with E-state index >= 15 is 0 Å². The van der Waals surface area contributed by atoms with E-state index in [0.29, 0.717) is 11.3 Å². The summed E-state index contributed by atoms with van der Waals surface area (Å²) >= 11 is 0. The van der Waals surface area contributed by atoms with Gasteiger partial charge in [-0.15, -0.1) is 0 Å². The van der Waals surface area contributed by atoms with Crippen molar-refractivity contribution in [2.24, 2.45) is 5.92 Å². The van der Waals surface area contributed by atoms with Crippen LogP contribution in [0.2, 0.25) is 0 Å². The number of ketones is 1. The van der Waals surface area contributed by atoms with Crippen LogP contribution < -0.4 is 4.74 Å². The molecule has 2 aromatic carbocycles. The number of hydrogen-bond acceptors (Lipinski definition) is 3. The lowest BCUT2D eigenvalue weighted by Gasteiger charge is -2.11. The van der Waals surface area contributed by atoms with Crippen LogP contribution in [-0.2, 0) is 11.2 Å². The molecule has 0 saturated carbocycles. The van der Waals surface area contributed by atoms with Gasteiger partial charge in [0.1, 0.15) is 5.75 Å². The average molecular weight is 284 g/mol. The van der Waals surface area contributed by atoms with Crippen LogP contribution in [0, 0.1) is 5.92 Å². The highest BCUT2D eigenvalue weighted by Crippen LogP contribution is 2.39. The number of benzene rings is 2. The number of ether oxygens (including phenoxy) is 1. The second-order valence-electron chi connectivity index (χ2n) is 5.30. The van der Waals surface area contributed by atoms with Gasteiger partial charge in [-0.25, -0.2) is 4.79 Å². The summed E-state index contributed by atoms with van der Waals surface area (Å²) in [5.41, 5.74) is 1.74. The number of hydrogen-bond donors (Lipinski definition) is 1. The van der Waals surface area contributed by atoms with Crippen molar-refractivity contribution in [3.63, 3.8) is 0 Å². The van der Waals surface area contributed by atoms with E-state index in [2.05, 4.69) is 0 Å². The van der Waals surface area contributed by atoms with Gasteiger partial charge in [-0.3, -0.25) is 4.79 Å². The molecule has 108 valence electrons. The molecule has 1 aliphatic carbocycles. The number of carboxylic acids is 1. The molecule has 0 bridgehead atoms. The molecule has 0 spiro atoms. The summed E-state index contributed by atoms with van der Waals surface area (Å²) in [4.78, 5) is 23.1. The van der Waals surface area contributed by atoms with E-state index in [0.717, 1.165) is 29.2 Å². The van der Waals surface area contributed by atoms with E-state index in [1.165, 1.54) is 0 Å². The summed E-state index contributed by atoms with van der Waals surface area (Å²) in [7, 11) is 0. The van der Waals surface area contributed by atoms with Gasteiger partial charge in [0.05, 0.1) is 0 Å². The summed E-state index contributed by atoms with van der Waals surface area (Å²) in [5, 5.41) is 10.6. The average Bonchev–Trinajstić information content (AvgIpc) is 2.81. The van der Waals surface area contributed by atoms with Gasteiger partial charge in [0.2, 0.25) is 0 Å². The normalized spacial score (nSPS) is 17.0. The molecule has 0 heterocycles. The topological polar surface area (TPSA) is 63.6 Å². The quantitative estimate of drug-likeness (QED) is 0.937. The van der Waals surface area contributed by atoms with Gasteiger partial charge in [0.15, 0.2) is 12.4 Å². The highest BCUT2D eigenvalue weighted by molar-refractivity contribution is 6.08. The van der Waals surface area contributed by atoms with Crippen molar-refractivity contribution in [2.75, 3.05) is 6.61 Å². The van der Waals surface area contributed by atoms with Crippen LogP contribution in [0.25, 0.3) is 10.8 Å². The highest BCUT2D eigenvalue weighted by atomic mass is 16.5. The minimum atomic E-state index is -1.03. The van der Waals surface area contributed by atoms with Crippen LogP contribution in [0.15, 0.2) is 30.3 Å². The summed E-state index contributed by atoms with van der Waals surface area (Å²) in [6, 6.07) is 9.38. The van der Waals surface area contributed by atoms with Crippen LogP contribution in [0.3, 0.4) is 0 Å². The third kappa shape index (κ3) is 2.27. The Kier molecular flexibility index (Phi) is 3.37. The number of carbonyl (C=O) groups is 2. The molecule has 4 heteroatoms. The number of rotatable bonds is 4. The first-order valence-electron chi connectivity index (χ1n) is 7.05. The monoisotopic (exact) mass is 284 g/mol. The lowest BCUT2D eigenvalue weighted by Crippen LogP contribution is -2.10. The van der Waals surface area contributed by atoms with E-state index < -0.39 is 12.6 Å². The van der Waals surface area contributed by atoms with Crippen molar-refractivity contribution in [2.45, 2.75) is 19.8 Å². The number of Topliss-reactive ketones (excluding diaryl/α,β-unsaturated/α-hetero) is 1. The SMILES string of the molecule is CCC1Cc2c(cc(OCC(=O)O)c3ccccc23)C1=O. The van der Waals surface area contributed by atoms with E-state index in [4.69, 9.17) is 9.84 Å². The Morgan fingerprint density at radius 1 is 1.33 bits per heavy atom. The molecule has 0 aliphatic heterocycles. The molecule has 2 aromatic rings. The largest absolute Gasteiger partial charge is 0.481 e. The number of fused-ring (bicyclic) bond motifs is 3. The number of carboxylic acid groups (broad SMARTS) is 1. The Balaban J connectivity index is 2.16. The van der Waals surface area contributed by atoms with Crippen LogP contribution in [0.5, 0.6) is 5.75 Å². The lowest BCUT2D eigenvalue weighted by atomic mass is 9.99. The highest BCUT2D eigenvalue weighted by Gasteiger charge is 2.31. The summed E-state index contributed by atoms with van der Waals surface area (Å²) in [6.07, 6.45) is 1.57. The molecular weight excluding hydrogens is 268 g/mol. The van der Waals surface area contributed by atoms with Gasteiger partial charge >= 0.3 is 5.97 Å². The molecule has 0 saturated heterocycles. The van der Waals surface area contributed by atoms with Gasteiger partial charge in [-0.1, -0.05) is 31.2 Å². The van der Waals surface area contributed by atoms with E-state index in [-0.39, 0.29) is 11.7 Å². The van der Waals surface area contributed by atoms with Crippen molar-refractivity contribution in [1.82, 2.24) is 0 Å². The first kappa shape index (κ1) is 13.6. The fraction of sp³-hybridized carbons (Fsp3) is 0.294. The summed E-state index contributed by atoms with van der Waals surface area (Å²) in [6.45, 7) is 1.60. The minimum Gasteiger partial charge on any atom is -0.481 e. The van der Waals surface area contributed by atoms with Gasteiger partial charge < -0.3 is 9.84 Å². The molecule has 0 aromatic heterocycles. The van der Waals surface area contributed by atoms with Crippen LogP contribution in [-0.4, -0.2) is 23.5 Å². The molecule has 0 amide bonds. The zero-order valence-electron chi connectivity index (χ0n) is 11.8. The molecule has 0 fully saturated rings. The molecule has 3 rings (SSSR count). The molecule has 1 aliphatic rings. The lowest BCUT2D eigenvalue weighted by molar-refractivity contribution is -0.139. The van der Waals surface area contributed by atoms with Gasteiger partial charge in [0, 0.05) is 16.9 Å². The maximum absolute atomic E-state index is 12.4. The predicted molar refractivity (Wildman–Crippen MR) is 78.9 cm³/mol. The Labute approximate surface area is 122 Å². The molecule has 1 atom stereocenters. The first-order chi connectivity index (χ1) is 10.1. The summed E-state index contributed by atoms with van der Waals surface area (Å²) < 4.78 is 5.37. The van der Waals surface area contributed by atoms with Crippen molar-refractivity contribution in [3.05, 3.63) is 41.5 Å². The maximum atomic E-state index is 12.4. The smallest absolute Gasteiger partial charge is 0.341 e. The number of carbonyl (C=O) groups excluding carboxylic acids is 1. The van der Waals surface area contributed by atoms with Crippen LogP contribution >= 0.6 is 0 Å². The van der Waals surface area contributed by atoms with Crippen molar-refractivity contribution in [3.8, 4) is 5.75 Å². The van der Waals surface area contributed by atoms with Crippen molar-refractivity contribution < 1.29 is 19.4 Å².